The van der Waals surface area contributed by atoms with Gasteiger partial charge >= 0.3 is 0 Å². The van der Waals surface area contributed by atoms with Crippen LogP contribution in [0.15, 0.2) is 30.5 Å². The number of likely N-dealkylation sites (N-methyl/N-ethyl adjacent to an activating group) is 1. The van der Waals surface area contributed by atoms with Crippen LogP contribution < -0.4 is 9.64 Å². The number of rotatable bonds is 3. The number of hydrogen-bond acceptors (Lipinski definition) is 4. The number of aliphatic hydroxyl groups is 1. The molecule has 4 nitrogen and oxygen atoms in total. The minimum absolute atomic E-state index is 0.390. The third-order valence-corrected chi connectivity index (χ3v) is 4.42. The van der Waals surface area contributed by atoms with Crippen molar-refractivity contribution in [3.05, 3.63) is 51.8 Å². The Bertz CT molecular complexity index is 777. The lowest BCUT2D eigenvalue weighted by Crippen LogP contribution is -2.38. The first-order valence-corrected chi connectivity index (χ1v) is 7.97. The van der Waals surface area contributed by atoms with Crippen LogP contribution in [0.2, 0.25) is 10.2 Å². The molecule has 1 aromatic carbocycles. The molecule has 0 amide bonds. The second-order valence-corrected chi connectivity index (χ2v) is 5.94. The topological polar surface area (TPSA) is 45.6 Å². The summed E-state index contributed by atoms with van der Waals surface area (Å²) in [6, 6.07) is 7.16. The first-order valence-electron chi connectivity index (χ1n) is 7.21. The van der Waals surface area contributed by atoms with Gasteiger partial charge in [0.2, 0.25) is 0 Å². The summed E-state index contributed by atoms with van der Waals surface area (Å²) in [4.78, 5) is 5.98. The Morgan fingerprint density at radius 3 is 2.83 bits per heavy atom. The molecule has 0 aliphatic carbocycles. The number of anilines is 1. The van der Waals surface area contributed by atoms with Gasteiger partial charge in [-0.1, -0.05) is 29.3 Å². The van der Waals surface area contributed by atoms with Crippen LogP contribution in [0.25, 0.3) is 11.6 Å². The van der Waals surface area contributed by atoms with Gasteiger partial charge in [-0.2, -0.15) is 0 Å². The van der Waals surface area contributed by atoms with Gasteiger partial charge in [0.15, 0.2) is 6.23 Å². The number of hydrogen-bond donors (Lipinski definition) is 1. The molecule has 0 saturated carbocycles. The summed E-state index contributed by atoms with van der Waals surface area (Å²) in [5, 5.41) is 11.8. The third-order valence-electron chi connectivity index (χ3n) is 3.90. The second-order valence-electron chi connectivity index (χ2n) is 5.14. The highest BCUT2D eigenvalue weighted by Gasteiger charge is 2.30. The van der Waals surface area contributed by atoms with E-state index in [1.165, 1.54) is 0 Å². The molecule has 120 valence electrons. The number of pyridine rings is 1. The fourth-order valence-electron chi connectivity index (χ4n) is 2.83. The van der Waals surface area contributed by atoms with E-state index in [-0.39, 0.29) is 0 Å². The lowest BCUT2D eigenvalue weighted by Gasteiger charge is -2.36. The average molecular weight is 351 g/mol. The van der Waals surface area contributed by atoms with Crippen molar-refractivity contribution >= 4 is 40.5 Å². The number of nitrogens with zero attached hydrogens (tertiary/aromatic N) is 2. The molecule has 2 aromatic rings. The van der Waals surface area contributed by atoms with E-state index in [9.17, 15) is 5.11 Å². The van der Waals surface area contributed by atoms with Crippen LogP contribution in [0.1, 0.15) is 18.1 Å². The van der Waals surface area contributed by atoms with E-state index in [1.54, 1.807) is 25.4 Å². The van der Waals surface area contributed by atoms with Gasteiger partial charge in [-0.3, -0.25) is 0 Å². The van der Waals surface area contributed by atoms with Crippen molar-refractivity contribution in [1.82, 2.24) is 4.98 Å². The fourth-order valence-corrected chi connectivity index (χ4v) is 3.26. The minimum Gasteiger partial charge on any atom is -0.496 e. The molecule has 2 heterocycles. The smallest absolute Gasteiger partial charge is 0.154 e. The molecule has 0 fully saturated rings. The Morgan fingerprint density at radius 1 is 1.35 bits per heavy atom. The lowest BCUT2D eigenvalue weighted by atomic mass is 9.95. The maximum Gasteiger partial charge on any atom is 0.154 e. The maximum absolute atomic E-state index is 10.8. The molecule has 0 spiro atoms. The van der Waals surface area contributed by atoms with Crippen molar-refractivity contribution in [1.29, 1.82) is 0 Å². The van der Waals surface area contributed by atoms with Gasteiger partial charge in [0.25, 0.3) is 0 Å². The normalized spacial score (nSPS) is 16.8. The van der Waals surface area contributed by atoms with Crippen molar-refractivity contribution < 1.29 is 9.84 Å². The summed E-state index contributed by atoms with van der Waals surface area (Å²) in [6.07, 6.45) is 2.72. The Kier molecular flexibility index (Phi) is 4.48. The lowest BCUT2D eigenvalue weighted by molar-refractivity contribution is 0.226. The zero-order valence-corrected chi connectivity index (χ0v) is 14.3. The van der Waals surface area contributed by atoms with Crippen molar-refractivity contribution in [3.8, 4) is 5.75 Å². The van der Waals surface area contributed by atoms with Gasteiger partial charge in [0.1, 0.15) is 10.9 Å². The predicted molar refractivity (Wildman–Crippen MR) is 94.1 cm³/mol. The quantitative estimate of drug-likeness (QED) is 0.846. The van der Waals surface area contributed by atoms with Gasteiger partial charge in [-0.15, -0.1) is 0 Å². The summed E-state index contributed by atoms with van der Waals surface area (Å²) in [5.41, 5.74) is 3.07. The van der Waals surface area contributed by atoms with Crippen LogP contribution in [0, 0.1) is 0 Å². The molecule has 1 N–H and O–H groups in total. The monoisotopic (exact) mass is 350 g/mol. The predicted octanol–water partition coefficient (Wildman–Crippen LogP) is 4.10. The van der Waals surface area contributed by atoms with E-state index >= 15 is 0 Å². The summed E-state index contributed by atoms with van der Waals surface area (Å²) in [5.74, 6) is 0.615. The van der Waals surface area contributed by atoms with Gasteiger partial charge in [0, 0.05) is 29.4 Å². The molecule has 0 saturated heterocycles. The largest absolute Gasteiger partial charge is 0.496 e. The van der Waals surface area contributed by atoms with Crippen LogP contribution in [-0.4, -0.2) is 30.0 Å². The highest BCUT2D eigenvalue weighted by molar-refractivity contribution is 6.33. The molecule has 23 heavy (non-hydrogen) atoms. The van der Waals surface area contributed by atoms with Crippen LogP contribution in [0.5, 0.6) is 5.75 Å². The Morgan fingerprint density at radius 2 is 2.13 bits per heavy atom. The van der Waals surface area contributed by atoms with Crippen molar-refractivity contribution in [2.24, 2.45) is 0 Å². The van der Waals surface area contributed by atoms with Crippen LogP contribution in [0.3, 0.4) is 0 Å². The zero-order chi connectivity index (χ0) is 16.6. The van der Waals surface area contributed by atoms with Crippen molar-refractivity contribution in [2.45, 2.75) is 13.2 Å². The van der Waals surface area contributed by atoms with E-state index in [0.29, 0.717) is 33.6 Å². The molecule has 0 bridgehead atoms. The van der Waals surface area contributed by atoms with E-state index < -0.39 is 6.23 Å². The highest BCUT2D eigenvalue weighted by atomic mass is 35.5. The van der Waals surface area contributed by atoms with E-state index in [2.05, 4.69) is 4.98 Å². The molecule has 3 rings (SSSR count). The average Bonchev–Trinajstić information content (AvgIpc) is 2.54. The number of benzene rings is 1. The second kappa shape index (κ2) is 6.40. The molecule has 6 heteroatoms. The van der Waals surface area contributed by atoms with Gasteiger partial charge in [-0.05, 0) is 31.2 Å². The van der Waals surface area contributed by atoms with Crippen LogP contribution in [-0.2, 0) is 0 Å². The maximum atomic E-state index is 10.8. The first kappa shape index (κ1) is 16.1. The molecule has 0 radical (unpaired) electrons. The summed E-state index contributed by atoms with van der Waals surface area (Å²) < 4.78 is 5.41. The Balaban J connectivity index is 2.23. The number of fused-ring (bicyclic) bond motifs is 1. The molecule has 1 unspecified atom stereocenters. The number of halogens is 2. The first-order chi connectivity index (χ1) is 11.1. The van der Waals surface area contributed by atoms with Gasteiger partial charge in [0.05, 0.1) is 17.8 Å². The SMILES string of the molecule is CCN1c2cc(Cl)ncc2C=C(c2c(Cl)cccc2OC)C1O. The van der Waals surface area contributed by atoms with Crippen molar-refractivity contribution in [2.75, 3.05) is 18.6 Å². The summed E-state index contributed by atoms with van der Waals surface area (Å²) in [7, 11) is 1.58. The molecule has 1 aliphatic heterocycles. The zero-order valence-electron chi connectivity index (χ0n) is 12.8. The molecule has 1 aromatic heterocycles. The Hall–Kier alpha value is -1.75. The van der Waals surface area contributed by atoms with Crippen molar-refractivity contribution in [3.63, 3.8) is 0 Å². The summed E-state index contributed by atoms with van der Waals surface area (Å²) >= 11 is 12.4. The number of ether oxygens (including phenoxy) is 1. The van der Waals surface area contributed by atoms with Crippen LogP contribution in [0.4, 0.5) is 5.69 Å². The highest BCUT2D eigenvalue weighted by Crippen LogP contribution is 2.42. The van der Waals surface area contributed by atoms with Gasteiger partial charge in [-0.25, -0.2) is 4.98 Å². The summed E-state index contributed by atoms with van der Waals surface area (Å²) in [6.45, 7) is 2.58. The van der Waals surface area contributed by atoms with Crippen LogP contribution >= 0.6 is 23.2 Å². The molecular formula is C17H16Cl2N2O2. The Labute approximate surface area is 144 Å². The number of methoxy groups -OCH3 is 1. The number of aromatic nitrogens is 1. The van der Waals surface area contributed by atoms with E-state index in [1.807, 2.05) is 30.0 Å². The fraction of sp³-hybridized carbons (Fsp3) is 0.235. The van der Waals surface area contributed by atoms with E-state index in [0.717, 1.165) is 11.3 Å². The molecule has 1 aliphatic rings. The third kappa shape index (κ3) is 2.78. The molecule has 1 atom stereocenters. The minimum atomic E-state index is -0.847. The van der Waals surface area contributed by atoms with Gasteiger partial charge < -0.3 is 14.7 Å². The standard InChI is InChI=1S/C17H16Cl2N2O2/c1-3-21-13-8-15(19)20-9-10(13)7-11(17(21)22)16-12(18)5-4-6-14(16)23-2/h4-9,17,22H,3H2,1-2H3. The molecular weight excluding hydrogens is 335 g/mol. The van der Waals surface area contributed by atoms with E-state index in [4.69, 9.17) is 27.9 Å². The number of aliphatic hydroxyl groups excluding tert-OH is 1.